The van der Waals surface area contributed by atoms with Gasteiger partial charge in [0.15, 0.2) is 5.65 Å². The molecule has 0 fully saturated rings. The third-order valence-electron chi connectivity index (χ3n) is 4.99. The number of sulfone groups is 1. The summed E-state index contributed by atoms with van der Waals surface area (Å²) in [6, 6.07) is 17.2. The van der Waals surface area contributed by atoms with Gasteiger partial charge in [0.1, 0.15) is 22.0 Å². The topological polar surface area (TPSA) is 104 Å². The van der Waals surface area contributed by atoms with Gasteiger partial charge in [-0.05, 0) is 48.5 Å². The average molecular weight is 433 g/mol. The number of para-hydroxylation sites is 2. The van der Waals surface area contributed by atoms with Crippen LogP contribution in [0.3, 0.4) is 0 Å². The molecule has 5 rings (SSSR count). The Morgan fingerprint density at radius 1 is 0.903 bits per heavy atom. The van der Waals surface area contributed by atoms with Crippen LogP contribution in [0.25, 0.3) is 22.2 Å². The van der Waals surface area contributed by atoms with E-state index in [4.69, 9.17) is 5.73 Å². The zero-order chi connectivity index (χ0) is 21.6. The van der Waals surface area contributed by atoms with E-state index in [0.717, 1.165) is 12.1 Å². The van der Waals surface area contributed by atoms with Crippen molar-refractivity contribution in [1.29, 1.82) is 0 Å². The lowest BCUT2D eigenvalue weighted by atomic mass is 10.3. The predicted octanol–water partition coefficient (Wildman–Crippen LogP) is 3.58. The van der Waals surface area contributed by atoms with Crippen molar-refractivity contribution in [3.05, 3.63) is 84.4 Å². The van der Waals surface area contributed by atoms with E-state index < -0.39 is 15.7 Å². The van der Waals surface area contributed by atoms with Gasteiger partial charge in [-0.15, -0.1) is 0 Å². The summed E-state index contributed by atoms with van der Waals surface area (Å²) in [5, 5.41) is 0. The standard InChI is InChI=1S/C22H16FN5O2S/c23-14-8-10-16(11-9-14)31(29,30)20-19-22(27-18-7-2-1-6-17(18)26-19)28(21(20)24)13-15-5-3-4-12-25-15/h1-12H,13,24H2. The van der Waals surface area contributed by atoms with E-state index in [-0.39, 0.29) is 27.7 Å². The minimum Gasteiger partial charge on any atom is -0.384 e. The SMILES string of the molecule is Nc1c(S(=O)(=O)c2ccc(F)cc2)c2nc3ccccc3nc2n1Cc1ccccn1. The van der Waals surface area contributed by atoms with E-state index in [1.165, 1.54) is 12.1 Å². The number of nitrogens with zero attached hydrogens (tertiary/aromatic N) is 4. The minimum absolute atomic E-state index is 0.000263. The molecule has 0 bridgehead atoms. The van der Waals surface area contributed by atoms with Gasteiger partial charge >= 0.3 is 0 Å². The van der Waals surface area contributed by atoms with Crippen molar-refractivity contribution in [3.63, 3.8) is 0 Å². The second-order valence-corrected chi connectivity index (χ2v) is 8.85. The van der Waals surface area contributed by atoms with Crippen molar-refractivity contribution in [3.8, 4) is 0 Å². The molecule has 0 saturated carbocycles. The molecule has 5 aromatic rings. The summed E-state index contributed by atoms with van der Waals surface area (Å²) >= 11 is 0. The Balaban J connectivity index is 1.82. The maximum absolute atomic E-state index is 13.5. The number of nitrogen functional groups attached to an aromatic ring is 1. The number of rotatable bonds is 4. The lowest BCUT2D eigenvalue weighted by Crippen LogP contribution is -2.09. The molecule has 31 heavy (non-hydrogen) atoms. The Bertz CT molecular complexity index is 1530. The van der Waals surface area contributed by atoms with Crippen LogP contribution in [0.4, 0.5) is 10.2 Å². The third-order valence-corrected chi connectivity index (χ3v) is 6.82. The van der Waals surface area contributed by atoms with Crippen LogP contribution in [0, 0.1) is 5.82 Å². The number of hydrogen-bond acceptors (Lipinski definition) is 6. The smallest absolute Gasteiger partial charge is 0.212 e. The van der Waals surface area contributed by atoms with Gasteiger partial charge in [-0.25, -0.2) is 22.8 Å². The number of anilines is 1. The number of halogens is 1. The molecule has 3 heterocycles. The van der Waals surface area contributed by atoms with Crippen molar-refractivity contribution >= 4 is 37.9 Å². The first-order chi connectivity index (χ1) is 14.9. The number of pyridine rings is 1. The molecule has 0 aliphatic carbocycles. The van der Waals surface area contributed by atoms with Crippen LogP contribution in [-0.2, 0) is 16.4 Å². The quantitative estimate of drug-likeness (QED) is 0.435. The molecule has 154 valence electrons. The summed E-state index contributed by atoms with van der Waals surface area (Å²) < 4.78 is 41.9. The highest BCUT2D eigenvalue weighted by molar-refractivity contribution is 7.92. The normalized spacial score (nSPS) is 11.9. The maximum Gasteiger partial charge on any atom is 0.212 e. The first-order valence-electron chi connectivity index (χ1n) is 9.40. The first kappa shape index (κ1) is 19.1. The number of aromatic nitrogens is 4. The molecule has 0 aliphatic rings. The molecule has 2 aromatic carbocycles. The number of nitrogens with two attached hydrogens (primary N) is 1. The molecule has 0 amide bonds. The van der Waals surface area contributed by atoms with E-state index in [9.17, 15) is 12.8 Å². The molecular weight excluding hydrogens is 417 g/mol. The fraction of sp³-hybridized carbons (Fsp3) is 0.0455. The molecule has 0 unspecified atom stereocenters. The van der Waals surface area contributed by atoms with Gasteiger partial charge in [0.2, 0.25) is 9.84 Å². The van der Waals surface area contributed by atoms with Gasteiger partial charge in [0, 0.05) is 6.20 Å². The molecule has 0 aliphatic heterocycles. The Morgan fingerprint density at radius 3 is 2.26 bits per heavy atom. The second kappa shape index (κ2) is 7.13. The zero-order valence-corrected chi connectivity index (χ0v) is 16.9. The van der Waals surface area contributed by atoms with Crippen molar-refractivity contribution < 1.29 is 12.8 Å². The van der Waals surface area contributed by atoms with Crippen LogP contribution in [-0.4, -0.2) is 27.9 Å². The highest BCUT2D eigenvalue weighted by Crippen LogP contribution is 2.35. The summed E-state index contributed by atoms with van der Waals surface area (Å²) in [6.45, 7) is 0.217. The van der Waals surface area contributed by atoms with Crippen LogP contribution in [0.2, 0.25) is 0 Å². The van der Waals surface area contributed by atoms with E-state index >= 15 is 0 Å². The monoisotopic (exact) mass is 433 g/mol. The fourth-order valence-electron chi connectivity index (χ4n) is 3.50. The predicted molar refractivity (Wildman–Crippen MR) is 115 cm³/mol. The third kappa shape index (κ3) is 3.19. The van der Waals surface area contributed by atoms with Crippen LogP contribution in [0.1, 0.15) is 5.69 Å². The van der Waals surface area contributed by atoms with Gasteiger partial charge < -0.3 is 10.3 Å². The summed E-state index contributed by atoms with van der Waals surface area (Å²) in [5.74, 6) is -0.532. The van der Waals surface area contributed by atoms with Crippen molar-refractivity contribution in [1.82, 2.24) is 19.5 Å². The lowest BCUT2D eigenvalue weighted by Gasteiger charge is -2.08. The maximum atomic E-state index is 13.5. The van der Waals surface area contributed by atoms with E-state index in [1.807, 2.05) is 18.2 Å². The molecule has 0 radical (unpaired) electrons. The Hall–Kier alpha value is -3.85. The van der Waals surface area contributed by atoms with Crippen molar-refractivity contribution in [2.75, 3.05) is 5.73 Å². The largest absolute Gasteiger partial charge is 0.384 e. The molecule has 0 atom stereocenters. The molecule has 0 spiro atoms. The molecule has 0 saturated heterocycles. The van der Waals surface area contributed by atoms with Crippen LogP contribution in [0.5, 0.6) is 0 Å². The van der Waals surface area contributed by atoms with Gasteiger partial charge in [0.25, 0.3) is 0 Å². The summed E-state index contributed by atoms with van der Waals surface area (Å²) in [4.78, 5) is 13.3. The number of benzene rings is 2. The highest BCUT2D eigenvalue weighted by Gasteiger charge is 2.30. The molecular formula is C22H16FN5O2S. The highest BCUT2D eigenvalue weighted by atomic mass is 32.2. The Morgan fingerprint density at radius 2 is 1.58 bits per heavy atom. The minimum atomic E-state index is -4.09. The molecule has 7 nitrogen and oxygen atoms in total. The number of hydrogen-bond donors (Lipinski definition) is 1. The molecule has 2 N–H and O–H groups in total. The second-order valence-electron chi connectivity index (χ2n) is 6.96. The van der Waals surface area contributed by atoms with Gasteiger partial charge in [-0.3, -0.25) is 4.98 Å². The summed E-state index contributed by atoms with van der Waals surface area (Å²) in [6.07, 6.45) is 1.65. The molecule has 3 aromatic heterocycles. The van der Waals surface area contributed by atoms with Gasteiger partial charge in [-0.1, -0.05) is 18.2 Å². The fourth-order valence-corrected chi connectivity index (χ4v) is 5.01. The van der Waals surface area contributed by atoms with Gasteiger partial charge in [-0.2, -0.15) is 0 Å². The van der Waals surface area contributed by atoms with E-state index in [0.29, 0.717) is 22.4 Å². The van der Waals surface area contributed by atoms with Crippen LogP contribution in [0.15, 0.2) is 82.7 Å². The number of fused-ring (bicyclic) bond motifs is 2. The zero-order valence-electron chi connectivity index (χ0n) is 16.1. The van der Waals surface area contributed by atoms with Crippen molar-refractivity contribution in [2.45, 2.75) is 16.3 Å². The van der Waals surface area contributed by atoms with Gasteiger partial charge in [0.05, 0.1) is 28.2 Å². The van der Waals surface area contributed by atoms with Crippen LogP contribution < -0.4 is 5.73 Å². The summed E-state index contributed by atoms with van der Waals surface area (Å²) in [7, 11) is -4.09. The van der Waals surface area contributed by atoms with E-state index in [2.05, 4.69) is 15.0 Å². The lowest BCUT2D eigenvalue weighted by molar-refractivity contribution is 0.595. The van der Waals surface area contributed by atoms with Crippen molar-refractivity contribution in [2.24, 2.45) is 0 Å². The summed E-state index contributed by atoms with van der Waals surface area (Å²) in [5.41, 5.74) is 8.72. The first-order valence-corrected chi connectivity index (χ1v) is 10.9. The Kier molecular flexibility index (Phi) is 4.40. The average Bonchev–Trinajstić information content (AvgIpc) is 3.04. The van der Waals surface area contributed by atoms with E-state index in [1.54, 1.807) is 35.0 Å². The molecule has 9 heteroatoms. The van der Waals surface area contributed by atoms with Crippen LogP contribution >= 0.6 is 0 Å². The Labute approximate surface area is 176 Å².